The molecule has 7 heteroatoms. The summed E-state index contributed by atoms with van der Waals surface area (Å²) in [6, 6.07) is 10.4. The topological polar surface area (TPSA) is 62.5 Å². The summed E-state index contributed by atoms with van der Waals surface area (Å²) in [5.74, 6) is -2.24. The van der Waals surface area contributed by atoms with E-state index in [-0.39, 0.29) is 24.2 Å². The van der Waals surface area contributed by atoms with Gasteiger partial charge in [-0.2, -0.15) is 0 Å². The fourth-order valence-electron chi connectivity index (χ4n) is 4.62. The molecule has 1 aliphatic rings. The SMILES string of the molecule is CC(C(=O)N(C)[C@@H]1CCc2c(CC(=O)O)c3cccc(F)c3n2C1)c1ccc(F)cc1. The van der Waals surface area contributed by atoms with Crippen molar-refractivity contribution in [3.05, 3.63) is 70.9 Å². The highest BCUT2D eigenvalue weighted by atomic mass is 19.1. The number of aromatic nitrogens is 1. The number of carbonyl (C=O) groups excluding carboxylic acids is 1. The lowest BCUT2D eigenvalue weighted by molar-refractivity contribution is -0.136. The van der Waals surface area contributed by atoms with E-state index in [0.717, 1.165) is 11.3 Å². The van der Waals surface area contributed by atoms with Crippen LogP contribution in [-0.4, -0.2) is 39.5 Å². The number of para-hydroxylation sites is 1. The Labute approximate surface area is 178 Å². The number of amides is 1. The highest BCUT2D eigenvalue weighted by Gasteiger charge is 2.32. The second-order valence-electron chi connectivity index (χ2n) is 8.16. The van der Waals surface area contributed by atoms with Crippen molar-refractivity contribution in [2.24, 2.45) is 0 Å². The summed E-state index contributed by atoms with van der Waals surface area (Å²) < 4.78 is 29.8. The molecule has 0 radical (unpaired) electrons. The van der Waals surface area contributed by atoms with Crippen molar-refractivity contribution in [3.63, 3.8) is 0 Å². The molecule has 0 aliphatic carbocycles. The van der Waals surface area contributed by atoms with Crippen LogP contribution in [0.1, 0.15) is 36.1 Å². The van der Waals surface area contributed by atoms with E-state index in [2.05, 4.69) is 0 Å². The number of benzene rings is 2. The fraction of sp³-hybridized carbons (Fsp3) is 0.333. The molecule has 2 heterocycles. The molecule has 1 N–H and O–H groups in total. The Balaban J connectivity index is 1.64. The van der Waals surface area contributed by atoms with Gasteiger partial charge < -0.3 is 14.6 Å². The molecule has 4 rings (SSSR count). The predicted molar refractivity (Wildman–Crippen MR) is 113 cm³/mol. The van der Waals surface area contributed by atoms with Gasteiger partial charge in [0.1, 0.15) is 11.6 Å². The van der Waals surface area contributed by atoms with Gasteiger partial charge >= 0.3 is 5.97 Å². The molecule has 0 fully saturated rings. The zero-order chi connectivity index (χ0) is 22.3. The van der Waals surface area contributed by atoms with Crippen LogP contribution in [0.15, 0.2) is 42.5 Å². The van der Waals surface area contributed by atoms with Crippen LogP contribution < -0.4 is 0 Å². The van der Waals surface area contributed by atoms with Gasteiger partial charge in [-0.15, -0.1) is 0 Å². The van der Waals surface area contributed by atoms with E-state index in [0.29, 0.717) is 35.9 Å². The van der Waals surface area contributed by atoms with Crippen LogP contribution in [0.2, 0.25) is 0 Å². The minimum absolute atomic E-state index is 0.0947. The summed E-state index contributed by atoms with van der Waals surface area (Å²) in [6.45, 7) is 2.18. The Morgan fingerprint density at radius 3 is 2.58 bits per heavy atom. The maximum absolute atomic E-state index is 14.7. The Kier molecular flexibility index (Phi) is 5.52. The molecular weight excluding hydrogens is 402 g/mol. The molecule has 0 saturated carbocycles. The van der Waals surface area contributed by atoms with Gasteiger partial charge in [0.05, 0.1) is 17.9 Å². The fourth-order valence-corrected chi connectivity index (χ4v) is 4.62. The third-order valence-corrected chi connectivity index (χ3v) is 6.33. The first kappa shape index (κ1) is 21.0. The minimum atomic E-state index is -0.956. The molecule has 2 aromatic carbocycles. The van der Waals surface area contributed by atoms with Crippen LogP contribution in [0.25, 0.3) is 10.9 Å². The number of rotatable bonds is 5. The van der Waals surface area contributed by atoms with Gasteiger partial charge in [-0.1, -0.05) is 24.3 Å². The van der Waals surface area contributed by atoms with E-state index < -0.39 is 17.7 Å². The van der Waals surface area contributed by atoms with Crippen molar-refractivity contribution in [2.45, 2.75) is 44.7 Å². The van der Waals surface area contributed by atoms with Gasteiger partial charge in [0.15, 0.2) is 0 Å². The maximum Gasteiger partial charge on any atom is 0.307 e. The number of hydrogen-bond donors (Lipinski definition) is 1. The van der Waals surface area contributed by atoms with Gasteiger partial charge in [-0.25, -0.2) is 8.78 Å². The Morgan fingerprint density at radius 2 is 1.90 bits per heavy atom. The Hall–Kier alpha value is -3.22. The third-order valence-electron chi connectivity index (χ3n) is 6.33. The first-order valence-corrected chi connectivity index (χ1v) is 10.3. The van der Waals surface area contributed by atoms with Crippen LogP contribution in [0.5, 0.6) is 0 Å². The quantitative estimate of drug-likeness (QED) is 0.668. The van der Waals surface area contributed by atoms with Gasteiger partial charge in [0.2, 0.25) is 5.91 Å². The molecule has 31 heavy (non-hydrogen) atoms. The number of aliphatic carboxylic acids is 1. The lowest BCUT2D eigenvalue weighted by Gasteiger charge is -2.35. The van der Waals surface area contributed by atoms with Gasteiger partial charge in [0, 0.05) is 30.7 Å². The highest BCUT2D eigenvalue weighted by Crippen LogP contribution is 2.34. The molecular formula is C24H24F2N2O3. The van der Waals surface area contributed by atoms with E-state index >= 15 is 0 Å². The smallest absolute Gasteiger partial charge is 0.307 e. The number of carbonyl (C=O) groups is 2. The average Bonchev–Trinajstić information content (AvgIpc) is 3.06. The van der Waals surface area contributed by atoms with Crippen LogP contribution in [0.4, 0.5) is 8.78 Å². The molecule has 3 aromatic rings. The number of halogens is 2. The number of carboxylic acids is 1. The summed E-state index contributed by atoms with van der Waals surface area (Å²) in [5.41, 5.74) is 2.60. The third kappa shape index (κ3) is 3.80. The minimum Gasteiger partial charge on any atom is -0.481 e. The number of likely N-dealkylation sites (N-methyl/N-ethyl adjacent to an activating group) is 1. The van der Waals surface area contributed by atoms with E-state index in [1.165, 1.54) is 18.2 Å². The summed E-state index contributed by atoms with van der Waals surface area (Å²) in [5, 5.41) is 9.95. The van der Waals surface area contributed by atoms with Crippen LogP contribution in [0.3, 0.4) is 0 Å². The largest absolute Gasteiger partial charge is 0.481 e. The molecule has 0 spiro atoms. The Bertz CT molecular complexity index is 1150. The standard InChI is InChI=1S/C24H24F2N2O3/c1-14(15-6-8-16(25)9-7-15)24(31)27(2)17-10-11-21-19(12-22(29)30)18-4-3-5-20(26)23(18)28(21)13-17/h3-9,14,17H,10-13H2,1-2H3,(H,29,30)/t14?,17-/m1/s1. The number of nitrogens with zero attached hydrogens (tertiary/aromatic N) is 2. The lowest BCUT2D eigenvalue weighted by atomic mass is 9.96. The predicted octanol–water partition coefficient (Wildman–Crippen LogP) is 4.12. The molecule has 1 amide bonds. The summed E-state index contributed by atoms with van der Waals surface area (Å²) in [4.78, 5) is 26.2. The first-order valence-electron chi connectivity index (χ1n) is 10.3. The monoisotopic (exact) mass is 426 g/mol. The number of fused-ring (bicyclic) bond motifs is 3. The van der Waals surface area contributed by atoms with Crippen LogP contribution >= 0.6 is 0 Å². The average molecular weight is 426 g/mol. The summed E-state index contributed by atoms with van der Waals surface area (Å²) in [7, 11) is 1.73. The first-order chi connectivity index (χ1) is 14.8. The van der Waals surface area contributed by atoms with Gasteiger partial charge in [0.25, 0.3) is 0 Å². The van der Waals surface area contributed by atoms with Crippen molar-refractivity contribution in [1.82, 2.24) is 9.47 Å². The number of carboxylic acid groups (broad SMARTS) is 1. The second kappa shape index (κ2) is 8.13. The zero-order valence-electron chi connectivity index (χ0n) is 17.4. The maximum atomic E-state index is 14.7. The van der Waals surface area contributed by atoms with Crippen molar-refractivity contribution < 1.29 is 23.5 Å². The summed E-state index contributed by atoms with van der Waals surface area (Å²) >= 11 is 0. The van der Waals surface area contributed by atoms with Crippen molar-refractivity contribution in [3.8, 4) is 0 Å². The normalized spacial score (nSPS) is 16.7. The highest BCUT2D eigenvalue weighted by molar-refractivity contribution is 5.90. The van der Waals surface area contributed by atoms with Gasteiger partial charge in [-0.05, 0) is 49.1 Å². The number of hydrogen-bond acceptors (Lipinski definition) is 2. The van der Waals surface area contributed by atoms with E-state index in [9.17, 15) is 23.5 Å². The van der Waals surface area contributed by atoms with E-state index in [1.807, 2.05) is 4.57 Å². The molecule has 0 bridgehead atoms. The van der Waals surface area contributed by atoms with Crippen molar-refractivity contribution in [2.75, 3.05) is 7.05 Å². The molecule has 1 aliphatic heterocycles. The van der Waals surface area contributed by atoms with Gasteiger partial charge in [-0.3, -0.25) is 9.59 Å². The van der Waals surface area contributed by atoms with Crippen molar-refractivity contribution in [1.29, 1.82) is 0 Å². The molecule has 5 nitrogen and oxygen atoms in total. The molecule has 162 valence electrons. The Morgan fingerprint density at radius 1 is 1.19 bits per heavy atom. The lowest BCUT2D eigenvalue weighted by Crippen LogP contribution is -2.44. The van der Waals surface area contributed by atoms with Crippen LogP contribution in [-0.2, 0) is 29.0 Å². The van der Waals surface area contributed by atoms with Crippen molar-refractivity contribution >= 4 is 22.8 Å². The van der Waals surface area contributed by atoms with E-state index in [4.69, 9.17) is 0 Å². The second-order valence-corrected chi connectivity index (χ2v) is 8.16. The summed E-state index contributed by atoms with van der Waals surface area (Å²) in [6.07, 6.45) is 1.05. The molecule has 1 unspecified atom stereocenters. The molecule has 0 saturated heterocycles. The molecule has 1 aromatic heterocycles. The zero-order valence-corrected chi connectivity index (χ0v) is 17.4. The van der Waals surface area contributed by atoms with E-state index in [1.54, 1.807) is 43.1 Å². The molecule has 2 atom stereocenters. The van der Waals surface area contributed by atoms with Crippen LogP contribution in [0, 0.1) is 11.6 Å².